The first-order valence-electron chi connectivity index (χ1n) is 5.60. The lowest BCUT2D eigenvalue weighted by Gasteiger charge is -2.09. The van der Waals surface area contributed by atoms with Crippen molar-refractivity contribution in [2.75, 3.05) is 7.11 Å². The van der Waals surface area contributed by atoms with Crippen molar-refractivity contribution < 1.29 is 9.47 Å². The molecule has 0 atom stereocenters. The number of para-hydroxylation sites is 1. The number of methoxy groups -OCH3 is 1. The monoisotopic (exact) mass is 263 g/mol. The van der Waals surface area contributed by atoms with Crippen LogP contribution in [0, 0.1) is 0 Å². The second-order valence-electron chi connectivity index (χ2n) is 3.70. The normalized spacial score (nSPS) is 10.1. The Morgan fingerprint density at radius 3 is 2.72 bits per heavy atom. The van der Waals surface area contributed by atoms with Crippen molar-refractivity contribution in [3.05, 3.63) is 53.7 Å². The number of nitrogens with zero attached hydrogens (tertiary/aromatic N) is 1. The summed E-state index contributed by atoms with van der Waals surface area (Å²) in [7, 11) is 1.59. The van der Waals surface area contributed by atoms with Crippen LogP contribution in [-0.4, -0.2) is 12.1 Å². The van der Waals surface area contributed by atoms with Crippen molar-refractivity contribution in [1.29, 1.82) is 0 Å². The highest BCUT2D eigenvalue weighted by molar-refractivity contribution is 6.17. The summed E-state index contributed by atoms with van der Waals surface area (Å²) >= 11 is 5.85. The Balaban J connectivity index is 2.06. The number of aromatic nitrogens is 1. The van der Waals surface area contributed by atoms with E-state index < -0.39 is 0 Å². The van der Waals surface area contributed by atoms with Gasteiger partial charge in [0, 0.05) is 11.6 Å². The molecule has 1 heterocycles. The molecule has 1 aromatic heterocycles. The van der Waals surface area contributed by atoms with Crippen LogP contribution in [0.4, 0.5) is 0 Å². The van der Waals surface area contributed by atoms with E-state index in [-0.39, 0.29) is 0 Å². The Bertz CT molecular complexity index is 517. The molecule has 0 saturated carbocycles. The average Bonchev–Trinajstić information content (AvgIpc) is 2.45. The Kier molecular flexibility index (Phi) is 4.42. The molecule has 0 saturated heterocycles. The maximum atomic E-state index is 5.85. The van der Waals surface area contributed by atoms with Crippen LogP contribution >= 0.6 is 11.6 Å². The Morgan fingerprint density at radius 2 is 1.94 bits per heavy atom. The molecule has 4 heteroatoms. The van der Waals surface area contributed by atoms with Crippen molar-refractivity contribution in [3.8, 4) is 11.6 Å². The quantitative estimate of drug-likeness (QED) is 0.775. The topological polar surface area (TPSA) is 31.4 Å². The molecule has 2 aromatic rings. The summed E-state index contributed by atoms with van der Waals surface area (Å²) in [5, 5.41) is 0. The van der Waals surface area contributed by atoms with Gasteiger partial charge < -0.3 is 9.47 Å². The van der Waals surface area contributed by atoms with E-state index in [0.717, 1.165) is 17.0 Å². The molecule has 0 aliphatic heterocycles. The zero-order valence-electron chi connectivity index (χ0n) is 10.1. The molecule has 0 amide bonds. The lowest BCUT2D eigenvalue weighted by atomic mass is 10.2. The second-order valence-corrected chi connectivity index (χ2v) is 3.97. The van der Waals surface area contributed by atoms with E-state index in [9.17, 15) is 0 Å². The third kappa shape index (κ3) is 3.14. The molecule has 94 valence electrons. The van der Waals surface area contributed by atoms with Gasteiger partial charge in [-0.1, -0.05) is 24.3 Å². The van der Waals surface area contributed by atoms with Gasteiger partial charge in [0.15, 0.2) is 0 Å². The maximum absolute atomic E-state index is 5.85. The SMILES string of the molecule is COc1cccc(COc2ccccc2CCl)n1. The van der Waals surface area contributed by atoms with Crippen molar-refractivity contribution in [2.24, 2.45) is 0 Å². The van der Waals surface area contributed by atoms with Crippen LogP contribution in [0.3, 0.4) is 0 Å². The van der Waals surface area contributed by atoms with E-state index in [2.05, 4.69) is 4.98 Å². The second kappa shape index (κ2) is 6.26. The number of halogens is 1. The zero-order valence-corrected chi connectivity index (χ0v) is 10.9. The van der Waals surface area contributed by atoms with E-state index >= 15 is 0 Å². The van der Waals surface area contributed by atoms with Gasteiger partial charge in [-0.3, -0.25) is 0 Å². The van der Waals surface area contributed by atoms with Gasteiger partial charge in [-0.25, -0.2) is 4.98 Å². The highest BCUT2D eigenvalue weighted by Gasteiger charge is 2.03. The van der Waals surface area contributed by atoms with Gasteiger partial charge in [-0.15, -0.1) is 11.6 Å². The molecule has 0 N–H and O–H groups in total. The van der Waals surface area contributed by atoms with Crippen molar-refractivity contribution >= 4 is 11.6 Å². The first kappa shape index (κ1) is 12.7. The predicted molar refractivity (Wildman–Crippen MR) is 71.1 cm³/mol. The molecule has 0 fully saturated rings. The third-order valence-corrected chi connectivity index (χ3v) is 2.77. The smallest absolute Gasteiger partial charge is 0.213 e. The first-order chi connectivity index (χ1) is 8.83. The molecule has 2 rings (SSSR count). The molecule has 0 bridgehead atoms. The fraction of sp³-hybridized carbons (Fsp3) is 0.214. The number of pyridine rings is 1. The van der Waals surface area contributed by atoms with E-state index in [1.165, 1.54) is 0 Å². The lowest BCUT2D eigenvalue weighted by Crippen LogP contribution is -2.00. The number of rotatable bonds is 5. The highest BCUT2D eigenvalue weighted by Crippen LogP contribution is 2.21. The summed E-state index contributed by atoms with van der Waals surface area (Å²) in [6.07, 6.45) is 0. The van der Waals surface area contributed by atoms with Crippen molar-refractivity contribution in [1.82, 2.24) is 4.98 Å². The van der Waals surface area contributed by atoms with Gasteiger partial charge in [0.2, 0.25) is 5.88 Å². The number of hydrogen-bond acceptors (Lipinski definition) is 3. The van der Waals surface area contributed by atoms with E-state index in [1.54, 1.807) is 13.2 Å². The molecule has 18 heavy (non-hydrogen) atoms. The van der Waals surface area contributed by atoms with Crippen LogP contribution in [0.1, 0.15) is 11.3 Å². The predicted octanol–water partition coefficient (Wildman–Crippen LogP) is 3.41. The molecular formula is C14H14ClNO2. The molecule has 1 aromatic carbocycles. The molecule has 0 unspecified atom stereocenters. The van der Waals surface area contributed by atoms with Crippen molar-refractivity contribution in [3.63, 3.8) is 0 Å². The van der Waals surface area contributed by atoms with Gasteiger partial charge in [0.1, 0.15) is 12.4 Å². The maximum Gasteiger partial charge on any atom is 0.213 e. The summed E-state index contributed by atoms with van der Waals surface area (Å²) in [5.74, 6) is 1.81. The summed E-state index contributed by atoms with van der Waals surface area (Å²) in [6.45, 7) is 0.394. The third-order valence-electron chi connectivity index (χ3n) is 2.48. The van der Waals surface area contributed by atoms with Crippen LogP contribution in [-0.2, 0) is 12.5 Å². The van der Waals surface area contributed by atoms with Gasteiger partial charge in [0.05, 0.1) is 18.7 Å². The number of ether oxygens (including phenoxy) is 2. The fourth-order valence-electron chi connectivity index (χ4n) is 1.56. The molecule has 0 radical (unpaired) electrons. The highest BCUT2D eigenvalue weighted by atomic mass is 35.5. The summed E-state index contributed by atoms with van der Waals surface area (Å²) in [6, 6.07) is 13.3. The Hall–Kier alpha value is -1.74. The largest absolute Gasteiger partial charge is 0.487 e. The minimum Gasteiger partial charge on any atom is -0.487 e. The number of benzene rings is 1. The molecule has 0 aliphatic rings. The van der Waals surface area contributed by atoms with E-state index in [4.69, 9.17) is 21.1 Å². The zero-order chi connectivity index (χ0) is 12.8. The molecule has 0 aliphatic carbocycles. The standard InChI is InChI=1S/C14H14ClNO2/c1-17-14-8-4-6-12(16-14)10-18-13-7-3-2-5-11(13)9-15/h2-8H,9-10H2,1H3. The lowest BCUT2D eigenvalue weighted by molar-refractivity contribution is 0.296. The van der Waals surface area contributed by atoms with Crippen LogP contribution < -0.4 is 9.47 Å². The van der Waals surface area contributed by atoms with Gasteiger partial charge in [-0.2, -0.15) is 0 Å². The van der Waals surface area contributed by atoms with E-state index in [1.807, 2.05) is 36.4 Å². The number of alkyl halides is 1. The van der Waals surface area contributed by atoms with Crippen LogP contribution in [0.15, 0.2) is 42.5 Å². The molecule has 0 spiro atoms. The van der Waals surface area contributed by atoms with Crippen LogP contribution in [0.25, 0.3) is 0 Å². The van der Waals surface area contributed by atoms with Gasteiger partial charge in [-0.05, 0) is 12.1 Å². The van der Waals surface area contributed by atoms with Gasteiger partial charge in [0.25, 0.3) is 0 Å². The Labute approximate surface area is 111 Å². The first-order valence-corrected chi connectivity index (χ1v) is 6.13. The summed E-state index contributed by atoms with van der Waals surface area (Å²) in [5.41, 5.74) is 1.79. The van der Waals surface area contributed by atoms with Crippen LogP contribution in [0.2, 0.25) is 0 Å². The minimum absolute atomic E-state index is 0.394. The molecule has 3 nitrogen and oxygen atoms in total. The van der Waals surface area contributed by atoms with Gasteiger partial charge >= 0.3 is 0 Å². The molecular weight excluding hydrogens is 250 g/mol. The minimum atomic E-state index is 0.394. The number of hydrogen-bond donors (Lipinski definition) is 0. The Morgan fingerprint density at radius 1 is 1.11 bits per heavy atom. The van der Waals surface area contributed by atoms with E-state index in [0.29, 0.717) is 18.4 Å². The van der Waals surface area contributed by atoms with Crippen LogP contribution in [0.5, 0.6) is 11.6 Å². The fourth-order valence-corrected chi connectivity index (χ4v) is 1.78. The average molecular weight is 264 g/mol. The summed E-state index contributed by atoms with van der Waals surface area (Å²) in [4.78, 5) is 4.28. The summed E-state index contributed by atoms with van der Waals surface area (Å²) < 4.78 is 10.8. The van der Waals surface area contributed by atoms with Crippen molar-refractivity contribution in [2.45, 2.75) is 12.5 Å².